The van der Waals surface area contributed by atoms with Crippen molar-refractivity contribution < 1.29 is 14.4 Å². The van der Waals surface area contributed by atoms with Crippen LogP contribution in [0.5, 0.6) is 0 Å². The van der Waals surface area contributed by atoms with E-state index in [4.69, 9.17) is 0 Å². The van der Waals surface area contributed by atoms with Crippen LogP contribution in [-0.2, 0) is 9.59 Å². The lowest BCUT2D eigenvalue weighted by Gasteiger charge is -2.15. The van der Waals surface area contributed by atoms with Crippen molar-refractivity contribution in [2.75, 3.05) is 10.2 Å². The molecular formula is C25H18N4O3. The summed E-state index contributed by atoms with van der Waals surface area (Å²) in [4.78, 5) is 47.1. The second kappa shape index (κ2) is 8.03. The SMILES string of the molecule is O=C(Nc1cccc(-c2cnc3ccccc3n2)c1)c1cccc(N2C(=O)CCC2=O)c1. The fraction of sp³-hybridized carbons (Fsp3) is 0.0800. The van der Waals surface area contributed by atoms with E-state index in [0.717, 1.165) is 21.5 Å². The van der Waals surface area contributed by atoms with Gasteiger partial charge in [0.25, 0.3) is 5.91 Å². The highest BCUT2D eigenvalue weighted by molar-refractivity contribution is 6.20. The van der Waals surface area contributed by atoms with Crippen LogP contribution < -0.4 is 10.2 Å². The van der Waals surface area contributed by atoms with E-state index in [1.807, 2.05) is 42.5 Å². The fourth-order valence-corrected chi connectivity index (χ4v) is 3.71. The van der Waals surface area contributed by atoms with Gasteiger partial charge in [-0.1, -0.05) is 30.3 Å². The summed E-state index contributed by atoms with van der Waals surface area (Å²) in [5.41, 5.74) is 4.49. The molecule has 4 aromatic rings. The molecule has 1 N–H and O–H groups in total. The summed E-state index contributed by atoms with van der Waals surface area (Å²) in [5.74, 6) is -0.846. The third-order valence-electron chi connectivity index (χ3n) is 5.28. The zero-order chi connectivity index (χ0) is 22.1. The van der Waals surface area contributed by atoms with Gasteiger partial charge in [-0.3, -0.25) is 24.3 Å². The Morgan fingerprint density at radius 1 is 0.844 bits per heavy atom. The second-order valence-corrected chi connectivity index (χ2v) is 7.45. The van der Waals surface area contributed by atoms with Gasteiger partial charge in [0.15, 0.2) is 0 Å². The third-order valence-corrected chi connectivity index (χ3v) is 5.28. The lowest BCUT2D eigenvalue weighted by atomic mass is 10.1. The quantitative estimate of drug-likeness (QED) is 0.498. The van der Waals surface area contributed by atoms with Crippen LogP contribution in [0.25, 0.3) is 22.3 Å². The standard InChI is InChI=1S/C25H18N4O3/c30-23-11-12-24(31)29(23)19-8-4-6-17(14-19)25(32)27-18-7-3-5-16(13-18)22-15-26-20-9-1-2-10-21(20)28-22/h1-10,13-15H,11-12H2,(H,27,32). The molecule has 1 aromatic heterocycles. The van der Waals surface area contributed by atoms with Gasteiger partial charge in [-0.2, -0.15) is 0 Å². The molecule has 0 aliphatic carbocycles. The minimum Gasteiger partial charge on any atom is -0.322 e. The highest BCUT2D eigenvalue weighted by Crippen LogP contribution is 2.25. The Balaban J connectivity index is 1.39. The van der Waals surface area contributed by atoms with Gasteiger partial charge < -0.3 is 5.32 Å². The number of amides is 3. The Hall–Kier alpha value is -4.39. The maximum Gasteiger partial charge on any atom is 0.255 e. The Kier molecular flexibility index (Phi) is 4.91. The molecule has 0 bridgehead atoms. The Labute approximate surface area is 183 Å². The first-order valence-electron chi connectivity index (χ1n) is 10.2. The molecule has 1 fully saturated rings. The Morgan fingerprint density at radius 2 is 1.59 bits per heavy atom. The second-order valence-electron chi connectivity index (χ2n) is 7.45. The summed E-state index contributed by atoms with van der Waals surface area (Å²) in [5, 5.41) is 2.87. The molecule has 0 unspecified atom stereocenters. The van der Waals surface area contributed by atoms with Crippen molar-refractivity contribution in [2.45, 2.75) is 12.8 Å². The number of anilines is 2. The van der Waals surface area contributed by atoms with Gasteiger partial charge in [-0.15, -0.1) is 0 Å². The van der Waals surface area contributed by atoms with Crippen LogP contribution in [0, 0.1) is 0 Å². The molecule has 1 aliphatic rings. The van der Waals surface area contributed by atoms with Crippen LogP contribution in [0.2, 0.25) is 0 Å². The van der Waals surface area contributed by atoms with Crippen molar-refractivity contribution in [1.29, 1.82) is 0 Å². The topological polar surface area (TPSA) is 92.3 Å². The number of rotatable bonds is 4. The van der Waals surface area contributed by atoms with Crippen molar-refractivity contribution in [2.24, 2.45) is 0 Å². The van der Waals surface area contributed by atoms with E-state index in [9.17, 15) is 14.4 Å². The summed E-state index contributed by atoms with van der Waals surface area (Å²) < 4.78 is 0. The summed E-state index contributed by atoms with van der Waals surface area (Å²) in [7, 11) is 0. The van der Waals surface area contributed by atoms with Crippen molar-refractivity contribution in [1.82, 2.24) is 9.97 Å². The number of aromatic nitrogens is 2. The monoisotopic (exact) mass is 422 g/mol. The maximum atomic E-state index is 12.8. The molecule has 0 atom stereocenters. The van der Waals surface area contributed by atoms with Gasteiger partial charge in [-0.25, -0.2) is 4.98 Å². The third kappa shape index (κ3) is 3.72. The first kappa shape index (κ1) is 19.6. The molecule has 7 heteroatoms. The first-order valence-corrected chi connectivity index (χ1v) is 10.2. The predicted molar refractivity (Wildman–Crippen MR) is 121 cm³/mol. The summed E-state index contributed by atoms with van der Waals surface area (Å²) >= 11 is 0. The van der Waals surface area contributed by atoms with E-state index >= 15 is 0 Å². The number of hydrogen-bond donors (Lipinski definition) is 1. The zero-order valence-electron chi connectivity index (χ0n) is 17.0. The highest BCUT2D eigenvalue weighted by Gasteiger charge is 2.30. The molecule has 0 saturated carbocycles. The molecule has 1 aliphatic heterocycles. The van der Waals surface area contributed by atoms with Gasteiger partial charge in [0.05, 0.1) is 28.6 Å². The number of fused-ring (bicyclic) bond motifs is 1. The number of nitrogens with one attached hydrogen (secondary N) is 1. The van der Waals surface area contributed by atoms with Gasteiger partial charge in [0, 0.05) is 29.7 Å². The van der Waals surface area contributed by atoms with E-state index < -0.39 is 0 Å². The van der Waals surface area contributed by atoms with Crippen LogP contribution in [0.15, 0.2) is 79.0 Å². The van der Waals surface area contributed by atoms with Crippen LogP contribution >= 0.6 is 0 Å². The van der Waals surface area contributed by atoms with Crippen molar-refractivity contribution in [3.8, 4) is 11.3 Å². The van der Waals surface area contributed by atoms with E-state index in [2.05, 4.69) is 15.3 Å². The molecule has 32 heavy (non-hydrogen) atoms. The molecule has 7 nitrogen and oxygen atoms in total. The van der Waals surface area contributed by atoms with Gasteiger partial charge in [0.1, 0.15) is 0 Å². The molecule has 156 valence electrons. The number of benzene rings is 3. The highest BCUT2D eigenvalue weighted by atomic mass is 16.2. The van der Waals surface area contributed by atoms with Crippen molar-refractivity contribution >= 4 is 40.1 Å². The predicted octanol–water partition coefficient (Wildman–Crippen LogP) is 4.20. The number of nitrogens with zero attached hydrogens (tertiary/aromatic N) is 3. The number of para-hydroxylation sites is 2. The number of carbonyl (C=O) groups is 3. The molecule has 1 saturated heterocycles. The van der Waals surface area contributed by atoms with E-state index in [1.165, 1.54) is 0 Å². The largest absolute Gasteiger partial charge is 0.322 e. The normalized spacial score (nSPS) is 13.6. The van der Waals surface area contributed by atoms with Gasteiger partial charge in [-0.05, 0) is 42.5 Å². The van der Waals surface area contributed by atoms with Gasteiger partial charge >= 0.3 is 0 Å². The minimum absolute atomic E-state index is 0.194. The number of hydrogen-bond acceptors (Lipinski definition) is 5. The van der Waals surface area contributed by atoms with Crippen LogP contribution in [0.1, 0.15) is 23.2 Å². The molecule has 3 aromatic carbocycles. The van der Waals surface area contributed by atoms with Crippen molar-refractivity contribution in [3.05, 3.63) is 84.6 Å². The first-order chi connectivity index (χ1) is 15.6. The molecule has 3 amide bonds. The van der Waals surface area contributed by atoms with Crippen molar-refractivity contribution in [3.63, 3.8) is 0 Å². The average molecular weight is 422 g/mol. The van der Waals surface area contributed by atoms with Crippen LogP contribution in [0.4, 0.5) is 11.4 Å². The number of carbonyl (C=O) groups excluding carboxylic acids is 3. The Bertz CT molecular complexity index is 1370. The molecule has 0 radical (unpaired) electrons. The van der Waals surface area contributed by atoms with E-state index in [1.54, 1.807) is 36.5 Å². The molecule has 2 heterocycles. The maximum absolute atomic E-state index is 12.8. The summed E-state index contributed by atoms with van der Waals surface area (Å²) in [6, 6.07) is 21.5. The number of imide groups is 1. The average Bonchev–Trinajstić information content (AvgIpc) is 3.16. The minimum atomic E-state index is -0.340. The summed E-state index contributed by atoms with van der Waals surface area (Å²) in [6.07, 6.45) is 2.09. The lowest BCUT2D eigenvalue weighted by molar-refractivity contribution is -0.121. The molecule has 5 rings (SSSR count). The lowest BCUT2D eigenvalue weighted by Crippen LogP contribution is -2.28. The fourth-order valence-electron chi connectivity index (χ4n) is 3.71. The van der Waals surface area contributed by atoms with Crippen LogP contribution in [-0.4, -0.2) is 27.7 Å². The Morgan fingerprint density at radius 3 is 2.41 bits per heavy atom. The van der Waals surface area contributed by atoms with E-state index in [-0.39, 0.29) is 30.6 Å². The smallest absolute Gasteiger partial charge is 0.255 e. The zero-order valence-corrected chi connectivity index (χ0v) is 17.0. The molecule has 0 spiro atoms. The molecular weight excluding hydrogens is 404 g/mol. The van der Waals surface area contributed by atoms with Gasteiger partial charge in [0.2, 0.25) is 11.8 Å². The van der Waals surface area contributed by atoms with Crippen LogP contribution in [0.3, 0.4) is 0 Å². The summed E-state index contributed by atoms with van der Waals surface area (Å²) in [6.45, 7) is 0. The van der Waals surface area contributed by atoms with E-state index in [0.29, 0.717) is 22.6 Å².